The van der Waals surface area contributed by atoms with E-state index in [9.17, 15) is 0 Å². The van der Waals surface area contributed by atoms with Gasteiger partial charge in [0, 0.05) is 32.1 Å². The lowest BCUT2D eigenvalue weighted by atomic mass is 10.2. The first-order valence-corrected chi connectivity index (χ1v) is 7.72. The second-order valence-electron chi connectivity index (χ2n) is 5.35. The Morgan fingerprint density at radius 3 is 3.09 bits per heavy atom. The van der Waals surface area contributed by atoms with E-state index < -0.39 is 0 Å². The standard InChI is InChI=1S/C15H21N7/c16-15(19-12-6-3-4-9-17-12)18-10-8-14-21-20-13-7-2-1-5-11-22(13)14/h3-4,6,9H,1-2,5,7-8,10-11H2,(H3,16,17,18,19). The number of aliphatic imine (C=N–C) groups is 1. The van der Waals surface area contributed by atoms with Gasteiger partial charge < -0.3 is 15.6 Å². The normalized spacial score (nSPS) is 15.2. The summed E-state index contributed by atoms with van der Waals surface area (Å²) in [5.74, 6) is 3.18. The van der Waals surface area contributed by atoms with Crippen LogP contribution in [0.3, 0.4) is 0 Å². The molecule has 0 atom stereocenters. The lowest BCUT2D eigenvalue weighted by Gasteiger charge is -2.06. The molecule has 116 valence electrons. The number of nitrogens with one attached hydrogen (secondary N) is 1. The van der Waals surface area contributed by atoms with E-state index in [1.807, 2.05) is 18.2 Å². The van der Waals surface area contributed by atoms with Crippen LogP contribution in [-0.4, -0.2) is 32.3 Å². The van der Waals surface area contributed by atoms with Crippen molar-refractivity contribution >= 4 is 11.8 Å². The second kappa shape index (κ2) is 7.02. The molecule has 1 aliphatic heterocycles. The SMILES string of the molecule is NC(=NCCc1nnc2n1CCCCC2)Nc1ccccn1. The van der Waals surface area contributed by atoms with Crippen LogP contribution < -0.4 is 11.1 Å². The Bertz CT molecular complexity index is 633. The summed E-state index contributed by atoms with van der Waals surface area (Å²) in [4.78, 5) is 8.48. The summed E-state index contributed by atoms with van der Waals surface area (Å²) >= 11 is 0. The molecule has 0 fully saturated rings. The number of anilines is 1. The topological polar surface area (TPSA) is 94.0 Å². The van der Waals surface area contributed by atoms with Gasteiger partial charge in [0.05, 0.1) is 0 Å². The van der Waals surface area contributed by atoms with Gasteiger partial charge in [-0.25, -0.2) is 4.98 Å². The van der Waals surface area contributed by atoms with E-state index in [0.29, 0.717) is 18.3 Å². The molecule has 2 aromatic heterocycles. The zero-order valence-electron chi connectivity index (χ0n) is 12.6. The average Bonchev–Trinajstić information content (AvgIpc) is 2.76. The van der Waals surface area contributed by atoms with Crippen molar-refractivity contribution in [2.24, 2.45) is 10.7 Å². The monoisotopic (exact) mass is 299 g/mol. The Hall–Kier alpha value is -2.44. The van der Waals surface area contributed by atoms with Gasteiger partial charge in [-0.15, -0.1) is 10.2 Å². The van der Waals surface area contributed by atoms with Crippen molar-refractivity contribution in [2.75, 3.05) is 11.9 Å². The molecule has 0 spiro atoms. The Morgan fingerprint density at radius 1 is 1.27 bits per heavy atom. The Balaban J connectivity index is 1.56. The number of hydrogen-bond acceptors (Lipinski definition) is 4. The Kier molecular flexibility index (Phi) is 4.62. The molecule has 0 aliphatic carbocycles. The predicted octanol–water partition coefficient (Wildman–Crippen LogP) is 1.37. The Morgan fingerprint density at radius 2 is 2.23 bits per heavy atom. The number of guanidine groups is 1. The van der Waals surface area contributed by atoms with E-state index in [0.717, 1.165) is 31.0 Å². The molecule has 0 saturated carbocycles. The molecule has 3 N–H and O–H groups in total. The van der Waals surface area contributed by atoms with Gasteiger partial charge in [0.15, 0.2) is 5.96 Å². The van der Waals surface area contributed by atoms with Gasteiger partial charge in [-0.05, 0) is 25.0 Å². The molecule has 7 heteroatoms. The lowest BCUT2D eigenvalue weighted by Crippen LogP contribution is -2.23. The molecule has 3 heterocycles. The molecule has 0 unspecified atom stereocenters. The quantitative estimate of drug-likeness (QED) is 0.657. The average molecular weight is 299 g/mol. The molecule has 0 saturated heterocycles. The van der Waals surface area contributed by atoms with Crippen LogP contribution in [0.2, 0.25) is 0 Å². The van der Waals surface area contributed by atoms with Gasteiger partial charge in [0.25, 0.3) is 0 Å². The van der Waals surface area contributed by atoms with Crippen LogP contribution >= 0.6 is 0 Å². The van der Waals surface area contributed by atoms with Crippen LogP contribution in [0.15, 0.2) is 29.4 Å². The van der Waals surface area contributed by atoms with Crippen LogP contribution in [-0.2, 0) is 19.4 Å². The van der Waals surface area contributed by atoms with Gasteiger partial charge in [-0.2, -0.15) is 0 Å². The predicted molar refractivity (Wildman–Crippen MR) is 85.6 cm³/mol. The van der Waals surface area contributed by atoms with Gasteiger partial charge in [0.1, 0.15) is 17.5 Å². The lowest BCUT2D eigenvalue weighted by molar-refractivity contribution is 0.605. The smallest absolute Gasteiger partial charge is 0.194 e. The third-order valence-electron chi connectivity index (χ3n) is 3.72. The summed E-state index contributed by atoms with van der Waals surface area (Å²) in [6.07, 6.45) is 7.15. The second-order valence-corrected chi connectivity index (χ2v) is 5.35. The minimum Gasteiger partial charge on any atom is -0.370 e. The number of hydrogen-bond donors (Lipinski definition) is 2. The maximum absolute atomic E-state index is 5.86. The van der Waals surface area contributed by atoms with Crippen molar-refractivity contribution in [3.8, 4) is 0 Å². The van der Waals surface area contributed by atoms with Crippen molar-refractivity contribution in [2.45, 2.75) is 38.6 Å². The zero-order chi connectivity index (χ0) is 15.2. The highest BCUT2D eigenvalue weighted by atomic mass is 15.3. The van der Waals surface area contributed by atoms with Crippen molar-refractivity contribution in [1.82, 2.24) is 19.7 Å². The first-order chi connectivity index (χ1) is 10.8. The van der Waals surface area contributed by atoms with Crippen LogP contribution in [0.1, 0.15) is 30.9 Å². The summed E-state index contributed by atoms with van der Waals surface area (Å²) in [6, 6.07) is 5.60. The molecular weight excluding hydrogens is 278 g/mol. The number of aryl methyl sites for hydroxylation is 1. The third kappa shape index (κ3) is 3.60. The fraction of sp³-hybridized carbons (Fsp3) is 0.467. The number of pyridine rings is 1. The molecule has 22 heavy (non-hydrogen) atoms. The summed E-state index contributed by atoms with van der Waals surface area (Å²) in [6.45, 7) is 1.60. The number of rotatable bonds is 4. The number of nitrogens with two attached hydrogens (primary N) is 1. The first-order valence-electron chi connectivity index (χ1n) is 7.72. The first kappa shape index (κ1) is 14.5. The summed E-state index contributed by atoms with van der Waals surface area (Å²) in [5.41, 5.74) is 5.86. The maximum atomic E-state index is 5.86. The van der Waals surface area contributed by atoms with E-state index >= 15 is 0 Å². The van der Waals surface area contributed by atoms with Gasteiger partial charge >= 0.3 is 0 Å². The molecule has 0 aromatic carbocycles. The van der Waals surface area contributed by atoms with Crippen molar-refractivity contribution in [3.05, 3.63) is 36.0 Å². The number of nitrogens with zero attached hydrogens (tertiary/aromatic N) is 5. The molecule has 0 radical (unpaired) electrons. The van der Waals surface area contributed by atoms with Crippen molar-refractivity contribution < 1.29 is 0 Å². The van der Waals surface area contributed by atoms with Crippen LogP contribution in [0, 0.1) is 0 Å². The van der Waals surface area contributed by atoms with Crippen LogP contribution in [0.25, 0.3) is 0 Å². The molecular formula is C15H21N7. The van der Waals surface area contributed by atoms with E-state index in [4.69, 9.17) is 5.73 Å². The Labute approximate surface area is 129 Å². The summed E-state index contributed by atoms with van der Waals surface area (Å²) < 4.78 is 2.24. The van der Waals surface area contributed by atoms with Gasteiger partial charge in [-0.1, -0.05) is 12.5 Å². The molecule has 7 nitrogen and oxygen atoms in total. The minimum absolute atomic E-state index is 0.370. The minimum atomic E-state index is 0.370. The fourth-order valence-electron chi connectivity index (χ4n) is 2.61. The van der Waals surface area contributed by atoms with E-state index in [-0.39, 0.29) is 0 Å². The fourth-order valence-corrected chi connectivity index (χ4v) is 2.61. The highest BCUT2D eigenvalue weighted by molar-refractivity contribution is 5.91. The highest BCUT2D eigenvalue weighted by Crippen LogP contribution is 2.14. The zero-order valence-corrected chi connectivity index (χ0v) is 12.6. The van der Waals surface area contributed by atoms with E-state index in [1.54, 1.807) is 6.20 Å². The summed E-state index contributed by atoms with van der Waals surface area (Å²) in [5, 5.41) is 11.5. The van der Waals surface area contributed by atoms with E-state index in [1.165, 1.54) is 19.3 Å². The van der Waals surface area contributed by atoms with Crippen LogP contribution in [0.4, 0.5) is 5.82 Å². The largest absolute Gasteiger partial charge is 0.370 e. The number of aromatic nitrogens is 4. The number of fused-ring (bicyclic) bond motifs is 1. The van der Waals surface area contributed by atoms with E-state index in [2.05, 4.69) is 30.1 Å². The third-order valence-corrected chi connectivity index (χ3v) is 3.72. The molecule has 3 rings (SSSR count). The van der Waals surface area contributed by atoms with Gasteiger partial charge in [0.2, 0.25) is 0 Å². The molecule has 0 amide bonds. The highest BCUT2D eigenvalue weighted by Gasteiger charge is 2.13. The molecule has 1 aliphatic rings. The molecule has 0 bridgehead atoms. The van der Waals surface area contributed by atoms with Crippen LogP contribution in [0.5, 0.6) is 0 Å². The maximum Gasteiger partial charge on any atom is 0.194 e. The molecule has 2 aromatic rings. The van der Waals surface area contributed by atoms with Crippen molar-refractivity contribution in [1.29, 1.82) is 0 Å². The summed E-state index contributed by atoms with van der Waals surface area (Å²) in [7, 11) is 0. The van der Waals surface area contributed by atoms with Gasteiger partial charge in [-0.3, -0.25) is 4.99 Å². The van der Waals surface area contributed by atoms with Crippen molar-refractivity contribution in [3.63, 3.8) is 0 Å².